The van der Waals surface area contributed by atoms with Gasteiger partial charge >= 0.3 is 6.01 Å². The second-order valence-corrected chi connectivity index (χ2v) is 13.6. The molecule has 228 valence electrons. The first-order valence-electron chi connectivity index (χ1n) is 14.3. The molecule has 0 aliphatic carbocycles. The highest BCUT2D eigenvalue weighted by Gasteiger charge is 2.50. The number of nitrogen functional groups attached to an aromatic ring is 1. The van der Waals surface area contributed by atoms with Crippen LogP contribution in [0.2, 0.25) is 5.02 Å². The fourth-order valence-corrected chi connectivity index (χ4v) is 8.57. The number of nitrogens with two attached hydrogens (primary N) is 1. The summed E-state index contributed by atoms with van der Waals surface area (Å²) < 4.78 is 64.6. The molecule has 4 aliphatic heterocycles. The highest BCUT2D eigenvalue weighted by atomic mass is 35.5. The lowest BCUT2D eigenvalue weighted by atomic mass is 9.95. The van der Waals surface area contributed by atoms with Crippen molar-refractivity contribution in [3.8, 4) is 29.0 Å². The summed E-state index contributed by atoms with van der Waals surface area (Å²) in [5, 5.41) is 10.3. The zero-order chi connectivity index (χ0) is 30.5. The first kappa shape index (κ1) is 27.9. The Kier molecular flexibility index (Phi) is 6.17. The number of rotatable bonds is 4. The summed E-state index contributed by atoms with van der Waals surface area (Å²) in [7, 11) is 1.81. The Morgan fingerprint density at radius 2 is 2.09 bits per heavy atom. The van der Waals surface area contributed by atoms with E-state index < -0.39 is 28.9 Å². The Hall–Kier alpha value is -3.57. The van der Waals surface area contributed by atoms with Crippen LogP contribution in [0.5, 0.6) is 11.8 Å². The third kappa shape index (κ3) is 3.90. The Morgan fingerprint density at radius 1 is 1.27 bits per heavy atom. The lowest BCUT2D eigenvalue weighted by Gasteiger charge is -2.42. The minimum absolute atomic E-state index is 0.0287. The molecule has 6 heterocycles. The first-order valence-corrected chi connectivity index (χ1v) is 15.5. The van der Waals surface area contributed by atoms with E-state index in [4.69, 9.17) is 36.5 Å². The number of anilines is 2. The summed E-state index contributed by atoms with van der Waals surface area (Å²) in [6.45, 7) is 2.22. The number of nitriles is 1. The largest absolute Gasteiger partial charge is 0.478 e. The number of hydrogen-bond acceptors (Lipinski definition) is 10. The molecule has 2 aromatic heterocycles. The number of hydrogen-bond donors (Lipinski definition) is 1. The second-order valence-electron chi connectivity index (χ2n) is 12.1. The molecule has 8 rings (SSSR count). The first-order chi connectivity index (χ1) is 21.1. The highest BCUT2D eigenvalue weighted by molar-refractivity contribution is 7.23. The number of thiophene rings is 1. The van der Waals surface area contributed by atoms with Crippen molar-refractivity contribution in [2.45, 2.75) is 36.6 Å². The van der Waals surface area contributed by atoms with E-state index in [-0.39, 0.29) is 79.3 Å². The van der Waals surface area contributed by atoms with Crippen LogP contribution in [0.25, 0.3) is 32.1 Å². The fourth-order valence-electron chi connectivity index (χ4n) is 7.30. The van der Waals surface area contributed by atoms with Crippen molar-refractivity contribution in [1.82, 2.24) is 14.9 Å². The van der Waals surface area contributed by atoms with Gasteiger partial charge in [0.25, 0.3) is 0 Å². The van der Waals surface area contributed by atoms with Gasteiger partial charge in [0, 0.05) is 31.0 Å². The summed E-state index contributed by atoms with van der Waals surface area (Å²) in [5.41, 5.74) is 4.81. The number of fused-ring (bicyclic) bond motifs is 2. The summed E-state index contributed by atoms with van der Waals surface area (Å²) in [6.07, 6.45) is 1.14. The quantitative estimate of drug-likeness (QED) is 0.311. The summed E-state index contributed by atoms with van der Waals surface area (Å²) in [4.78, 5) is 13.2. The van der Waals surface area contributed by atoms with Crippen LogP contribution in [-0.4, -0.2) is 78.7 Å². The Morgan fingerprint density at radius 3 is 2.84 bits per heavy atom. The van der Waals surface area contributed by atoms with Crippen LogP contribution >= 0.6 is 22.9 Å². The van der Waals surface area contributed by atoms with E-state index in [2.05, 4.69) is 9.88 Å². The zero-order valence-corrected chi connectivity index (χ0v) is 25.1. The molecular weight excluding hydrogens is 617 g/mol. The van der Waals surface area contributed by atoms with Crippen molar-refractivity contribution in [2.24, 2.45) is 0 Å². The maximum absolute atomic E-state index is 16.9. The van der Waals surface area contributed by atoms with Crippen molar-refractivity contribution in [3.63, 3.8) is 0 Å². The lowest BCUT2D eigenvalue weighted by Crippen LogP contribution is -2.60. The molecular formula is C30H26ClF3N6O3S. The molecule has 0 saturated carbocycles. The van der Waals surface area contributed by atoms with E-state index in [0.717, 1.165) is 30.7 Å². The number of halogens is 4. The van der Waals surface area contributed by atoms with E-state index >= 15 is 4.39 Å². The van der Waals surface area contributed by atoms with Crippen LogP contribution in [0, 0.1) is 23.0 Å². The van der Waals surface area contributed by atoms with Crippen LogP contribution < -0.4 is 20.1 Å². The van der Waals surface area contributed by atoms with Gasteiger partial charge in [-0.3, -0.25) is 4.90 Å². The molecule has 0 radical (unpaired) electrons. The maximum Gasteiger partial charge on any atom is 0.319 e. The predicted molar refractivity (Wildman–Crippen MR) is 160 cm³/mol. The predicted octanol–water partition coefficient (Wildman–Crippen LogP) is 5.45. The van der Waals surface area contributed by atoms with Crippen LogP contribution in [-0.2, 0) is 4.74 Å². The number of alkyl halides is 1. The Labute approximate surface area is 258 Å². The average Bonchev–Trinajstić information content (AvgIpc) is 3.59. The minimum Gasteiger partial charge on any atom is -0.478 e. The van der Waals surface area contributed by atoms with Crippen molar-refractivity contribution in [3.05, 3.63) is 34.4 Å². The SMILES string of the molecule is CN1CC2(COC2)Oc2c(Cl)c(-c3ccc(F)c4sc(N)c(C#N)c34)c(F)c3nc(OC[C@@]45CCCN4C[C@H](F)C5)nc1c23. The molecule has 4 aromatic rings. The molecule has 0 bridgehead atoms. The van der Waals surface area contributed by atoms with Gasteiger partial charge in [-0.25, -0.2) is 13.2 Å². The molecule has 2 N–H and O–H groups in total. The smallest absolute Gasteiger partial charge is 0.319 e. The molecule has 4 aliphatic rings. The van der Waals surface area contributed by atoms with Crippen LogP contribution in [0.1, 0.15) is 24.8 Å². The van der Waals surface area contributed by atoms with E-state index in [9.17, 15) is 14.0 Å². The Balaban J connectivity index is 1.35. The van der Waals surface area contributed by atoms with Crippen molar-refractivity contribution >= 4 is 54.7 Å². The van der Waals surface area contributed by atoms with Gasteiger partial charge in [0.1, 0.15) is 41.0 Å². The molecule has 0 amide bonds. The van der Waals surface area contributed by atoms with Crippen molar-refractivity contribution < 1.29 is 27.4 Å². The van der Waals surface area contributed by atoms with Gasteiger partial charge in [-0.15, -0.1) is 11.3 Å². The zero-order valence-electron chi connectivity index (χ0n) is 23.6. The highest BCUT2D eigenvalue weighted by Crippen LogP contribution is 2.52. The summed E-state index contributed by atoms with van der Waals surface area (Å²) in [5.74, 6) is -0.896. The minimum atomic E-state index is -0.938. The van der Waals surface area contributed by atoms with E-state index in [0.29, 0.717) is 25.3 Å². The van der Waals surface area contributed by atoms with Crippen LogP contribution in [0.4, 0.5) is 24.0 Å². The monoisotopic (exact) mass is 642 g/mol. The van der Waals surface area contributed by atoms with E-state index in [1.807, 2.05) is 18.0 Å². The Bertz CT molecular complexity index is 1930. The third-order valence-electron chi connectivity index (χ3n) is 9.31. The van der Waals surface area contributed by atoms with Gasteiger partial charge in [-0.2, -0.15) is 15.2 Å². The normalized spacial score (nSPS) is 23.9. The standard InChI is InChI=1S/C30H26ClF3N6O3S/c1-39-10-30(12-41-13-30)43-24-20-23(37-28(38-27(20)39)42-11-29-5-2-6-40(29)9-14(32)7-29)22(34)19(21(24)31)15-3-4-17(33)25-18(15)16(8-35)26(36)44-25/h3-4,14H,2,5-7,9-13,36H2,1H3/t14-,29+/m1/s1. The van der Waals surface area contributed by atoms with Gasteiger partial charge in [-0.1, -0.05) is 17.7 Å². The molecule has 14 heteroatoms. The molecule has 3 saturated heterocycles. The molecule has 1 spiro atoms. The lowest BCUT2D eigenvalue weighted by molar-refractivity contribution is -0.153. The molecule has 0 unspecified atom stereocenters. The molecule has 9 nitrogen and oxygen atoms in total. The van der Waals surface area contributed by atoms with Gasteiger partial charge in [0.05, 0.1) is 46.0 Å². The van der Waals surface area contributed by atoms with Crippen LogP contribution in [0.15, 0.2) is 12.1 Å². The van der Waals surface area contributed by atoms with E-state index in [1.165, 1.54) is 12.1 Å². The average molecular weight is 643 g/mol. The topological polar surface area (TPSA) is 110 Å². The van der Waals surface area contributed by atoms with Gasteiger partial charge in [0.2, 0.25) is 0 Å². The van der Waals surface area contributed by atoms with Crippen molar-refractivity contribution in [2.75, 3.05) is 57.1 Å². The molecule has 2 aromatic carbocycles. The number of aromatic nitrogens is 2. The van der Waals surface area contributed by atoms with Crippen LogP contribution in [0.3, 0.4) is 0 Å². The molecule has 2 atom stereocenters. The maximum atomic E-state index is 16.9. The summed E-state index contributed by atoms with van der Waals surface area (Å²) in [6, 6.07) is 4.52. The van der Waals surface area contributed by atoms with E-state index in [1.54, 1.807) is 0 Å². The number of benzene rings is 2. The molecule has 3 fully saturated rings. The summed E-state index contributed by atoms with van der Waals surface area (Å²) >= 11 is 7.91. The van der Waals surface area contributed by atoms with Gasteiger partial charge in [0.15, 0.2) is 17.2 Å². The third-order valence-corrected chi connectivity index (χ3v) is 10.7. The molecule has 44 heavy (non-hydrogen) atoms. The number of nitrogens with zero attached hydrogens (tertiary/aromatic N) is 5. The number of likely N-dealkylation sites (N-methyl/N-ethyl adjacent to an activating group) is 1. The van der Waals surface area contributed by atoms with Crippen molar-refractivity contribution in [1.29, 1.82) is 5.26 Å². The van der Waals surface area contributed by atoms with Gasteiger partial charge < -0.3 is 24.8 Å². The fraction of sp³-hybridized carbons (Fsp3) is 0.433. The second kappa shape index (κ2) is 9.71. The number of ether oxygens (including phenoxy) is 3. The van der Waals surface area contributed by atoms with Gasteiger partial charge in [-0.05, 0) is 31.0 Å².